The van der Waals surface area contributed by atoms with Crippen LogP contribution in [0.25, 0.3) is 0 Å². The van der Waals surface area contributed by atoms with Crippen molar-refractivity contribution in [3.63, 3.8) is 0 Å². The second kappa shape index (κ2) is 14.2. The summed E-state index contributed by atoms with van der Waals surface area (Å²) in [5.74, 6) is -2.58. The molecule has 2 saturated heterocycles. The maximum Gasteiger partial charge on any atom is 0.414 e. The molecule has 0 radical (unpaired) electrons. The number of nitrogens with one attached hydrogen (secondary N) is 1. The highest BCUT2D eigenvalue weighted by Gasteiger charge is 2.41. The van der Waals surface area contributed by atoms with Crippen LogP contribution in [0.1, 0.15) is 33.6 Å². The lowest BCUT2D eigenvalue weighted by molar-refractivity contribution is -0.171. The number of nitrogens with two attached hydrogens (primary N) is 1. The third-order valence-electron chi connectivity index (χ3n) is 6.47. The van der Waals surface area contributed by atoms with Gasteiger partial charge in [0.1, 0.15) is 23.4 Å². The lowest BCUT2D eigenvalue weighted by Crippen LogP contribution is -2.52. The second-order valence-electron chi connectivity index (χ2n) is 10.3. The minimum Gasteiger partial charge on any atom is -0.455 e. The molecule has 2 amide bonds. The van der Waals surface area contributed by atoms with E-state index in [1.54, 1.807) is 4.90 Å². The largest absolute Gasteiger partial charge is 0.455 e. The van der Waals surface area contributed by atoms with E-state index in [-0.39, 0.29) is 56.0 Å². The van der Waals surface area contributed by atoms with Gasteiger partial charge in [-0.15, -0.1) is 0 Å². The van der Waals surface area contributed by atoms with Gasteiger partial charge in [-0.25, -0.2) is 13.6 Å². The number of anilines is 2. The Morgan fingerprint density at radius 2 is 1.78 bits per heavy atom. The molecule has 41 heavy (non-hydrogen) atoms. The van der Waals surface area contributed by atoms with E-state index in [1.807, 2.05) is 13.8 Å². The van der Waals surface area contributed by atoms with E-state index in [4.69, 9.17) is 24.5 Å². The smallest absolute Gasteiger partial charge is 0.414 e. The van der Waals surface area contributed by atoms with Crippen molar-refractivity contribution in [3.05, 3.63) is 23.8 Å². The first-order valence-electron chi connectivity index (χ1n) is 12.8. The van der Waals surface area contributed by atoms with Gasteiger partial charge in [-0.05, 0) is 5.92 Å². The minimum absolute atomic E-state index is 0.0198. The van der Waals surface area contributed by atoms with Crippen molar-refractivity contribution in [2.45, 2.75) is 51.4 Å². The van der Waals surface area contributed by atoms with Crippen molar-refractivity contribution >= 4 is 39.5 Å². The topological polar surface area (TPSA) is 178 Å². The number of nitrogens with zero attached hydrogens (tertiary/aromatic N) is 2. The number of halogens is 2. The number of hydrogen-bond donors (Lipinski definition) is 3. The molecule has 2 atom stereocenters. The van der Waals surface area contributed by atoms with Gasteiger partial charge in [0, 0.05) is 52.1 Å². The highest BCUT2D eigenvalue weighted by Crippen LogP contribution is 2.35. The summed E-state index contributed by atoms with van der Waals surface area (Å²) in [5.41, 5.74) is 4.78. The van der Waals surface area contributed by atoms with E-state index >= 15 is 8.78 Å². The molecule has 3 rings (SSSR count). The molecule has 2 aliphatic rings. The fourth-order valence-corrected chi connectivity index (χ4v) is 4.34. The van der Waals surface area contributed by atoms with Gasteiger partial charge in [0.05, 0.1) is 31.6 Å². The number of carbonyl (C=O) groups is 3. The number of carbonyl (C=O) groups excluding carboxylic acids is 3. The SMILES string of the molecule is COCC1(OC(=O)C(N)C(C)C)CCN(c2c(F)cc(N3C[C@H](CNC(C)=O)OC3=O)cc2F)CC1.CS(=O)(=O)O. The van der Waals surface area contributed by atoms with Gasteiger partial charge in [0.2, 0.25) is 5.91 Å². The van der Waals surface area contributed by atoms with E-state index in [0.29, 0.717) is 19.1 Å². The number of benzene rings is 1. The summed E-state index contributed by atoms with van der Waals surface area (Å²) in [6.07, 6.45) is -0.0781. The molecule has 2 fully saturated rings. The molecule has 1 aromatic carbocycles. The average Bonchev–Trinajstić information content (AvgIpc) is 3.22. The van der Waals surface area contributed by atoms with E-state index in [0.717, 1.165) is 17.0 Å². The number of hydrogen-bond acceptors (Lipinski definition) is 10. The van der Waals surface area contributed by atoms with Gasteiger partial charge in [0.15, 0.2) is 11.6 Å². The number of methoxy groups -OCH3 is 1. The Morgan fingerprint density at radius 1 is 1.24 bits per heavy atom. The molecule has 0 spiro atoms. The van der Waals surface area contributed by atoms with Gasteiger partial charge >= 0.3 is 12.1 Å². The first kappa shape index (κ1) is 34.1. The molecule has 2 aliphatic heterocycles. The molecule has 0 saturated carbocycles. The first-order valence-corrected chi connectivity index (χ1v) is 14.7. The summed E-state index contributed by atoms with van der Waals surface area (Å²) in [5, 5.41) is 2.55. The second-order valence-corrected chi connectivity index (χ2v) is 11.8. The predicted molar refractivity (Wildman–Crippen MR) is 145 cm³/mol. The monoisotopic (exact) mass is 608 g/mol. The number of ether oxygens (including phenoxy) is 3. The number of esters is 1. The van der Waals surface area contributed by atoms with Crippen LogP contribution in [0.5, 0.6) is 0 Å². The quantitative estimate of drug-likeness (QED) is 0.273. The van der Waals surface area contributed by atoms with Crippen molar-refractivity contribution in [2.24, 2.45) is 11.7 Å². The lowest BCUT2D eigenvalue weighted by Gasteiger charge is -2.42. The van der Waals surface area contributed by atoms with Gasteiger partial charge in [-0.2, -0.15) is 8.42 Å². The summed E-state index contributed by atoms with van der Waals surface area (Å²) >= 11 is 0. The van der Waals surface area contributed by atoms with Crippen LogP contribution in [0.2, 0.25) is 0 Å². The van der Waals surface area contributed by atoms with Crippen LogP contribution in [0.15, 0.2) is 12.1 Å². The van der Waals surface area contributed by atoms with E-state index < -0.39 is 51.6 Å². The zero-order chi connectivity index (χ0) is 31.1. The number of amides is 2. The molecule has 1 aromatic rings. The molecule has 232 valence electrons. The molecule has 2 heterocycles. The average molecular weight is 609 g/mol. The molecule has 13 nitrogen and oxygen atoms in total. The van der Waals surface area contributed by atoms with Crippen LogP contribution >= 0.6 is 0 Å². The molecular formula is C25H38F2N4O9S. The van der Waals surface area contributed by atoms with Crippen LogP contribution in [-0.2, 0) is 33.9 Å². The summed E-state index contributed by atoms with van der Waals surface area (Å²) in [4.78, 5) is 38.5. The Labute approximate surface area is 238 Å². The molecule has 1 unspecified atom stereocenters. The number of piperidine rings is 1. The van der Waals surface area contributed by atoms with Crippen molar-refractivity contribution < 1.29 is 50.3 Å². The molecule has 4 N–H and O–H groups in total. The number of rotatable bonds is 9. The Balaban J connectivity index is 0.00000108. The van der Waals surface area contributed by atoms with Crippen LogP contribution in [0, 0.1) is 17.6 Å². The summed E-state index contributed by atoms with van der Waals surface area (Å²) in [6, 6.07) is 1.38. The van der Waals surface area contributed by atoms with Crippen molar-refractivity contribution in [1.82, 2.24) is 5.32 Å². The maximum absolute atomic E-state index is 15.1. The van der Waals surface area contributed by atoms with Gasteiger partial charge in [-0.1, -0.05) is 13.8 Å². The molecule has 0 aromatic heterocycles. The molecule has 0 aliphatic carbocycles. The predicted octanol–water partition coefficient (Wildman–Crippen LogP) is 1.44. The Bertz CT molecular complexity index is 1180. The van der Waals surface area contributed by atoms with E-state index in [9.17, 15) is 22.8 Å². The third kappa shape index (κ3) is 10.1. The molecule has 0 bridgehead atoms. The van der Waals surface area contributed by atoms with Crippen LogP contribution in [0.3, 0.4) is 0 Å². The lowest BCUT2D eigenvalue weighted by atomic mass is 9.91. The van der Waals surface area contributed by atoms with Crippen LogP contribution in [-0.4, -0.2) is 94.8 Å². The van der Waals surface area contributed by atoms with E-state index in [1.165, 1.54) is 14.0 Å². The minimum atomic E-state index is -3.67. The summed E-state index contributed by atoms with van der Waals surface area (Å²) in [6.45, 7) is 5.68. The van der Waals surface area contributed by atoms with Gasteiger partial charge in [0.25, 0.3) is 10.1 Å². The Kier molecular flexibility index (Phi) is 11.8. The Hall–Kier alpha value is -3.08. The highest BCUT2D eigenvalue weighted by atomic mass is 32.2. The number of cyclic esters (lactones) is 1. The maximum atomic E-state index is 15.1. The van der Waals surface area contributed by atoms with Gasteiger partial charge in [-0.3, -0.25) is 19.0 Å². The molecular weight excluding hydrogens is 570 g/mol. The highest BCUT2D eigenvalue weighted by molar-refractivity contribution is 7.85. The standard InChI is InChI=1S/C24H34F2N4O6.CH4O3S/c1-14(2)20(27)22(32)36-24(13-34-4)5-7-29(8-6-24)21-18(25)9-16(10-19(21)26)30-12-17(35-23(30)33)11-28-15(3)31;1-5(2,3)4/h9-10,14,17,20H,5-8,11-13,27H2,1-4H3,(H,28,31);1H3,(H,2,3,4)/t17-,20?;/m0./s1. The van der Waals surface area contributed by atoms with Crippen LogP contribution in [0.4, 0.5) is 25.0 Å². The zero-order valence-electron chi connectivity index (χ0n) is 23.7. The first-order chi connectivity index (χ1) is 19.0. The van der Waals surface area contributed by atoms with E-state index in [2.05, 4.69) is 5.32 Å². The van der Waals surface area contributed by atoms with Gasteiger partial charge < -0.3 is 30.2 Å². The summed E-state index contributed by atoms with van der Waals surface area (Å²) < 4.78 is 72.3. The van der Waals surface area contributed by atoms with Crippen molar-refractivity contribution in [3.8, 4) is 0 Å². The Morgan fingerprint density at radius 3 is 2.24 bits per heavy atom. The van der Waals surface area contributed by atoms with Crippen LogP contribution < -0.4 is 20.9 Å². The van der Waals surface area contributed by atoms with Crippen molar-refractivity contribution in [1.29, 1.82) is 0 Å². The van der Waals surface area contributed by atoms with Crippen molar-refractivity contribution in [2.75, 3.05) is 56.0 Å². The third-order valence-corrected chi connectivity index (χ3v) is 6.47. The fourth-order valence-electron chi connectivity index (χ4n) is 4.34. The zero-order valence-corrected chi connectivity index (χ0v) is 24.5. The summed E-state index contributed by atoms with van der Waals surface area (Å²) in [7, 11) is -2.17. The molecule has 16 heteroatoms. The normalized spacial score (nSPS) is 19.3. The fraction of sp³-hybridized carbons (Fsp3) is 0.640.